The number of hydrogen-bond acceptors (Lipinski definition) is 4. The molecule has 0 aliphatic heterocycles. The fourth-order valence-corrected chi connectivity index (χ4v) is 4.43. The molecule has 0 unspecified atom stereocenters. The van der Waals surface area contributed by atoms with Crippen LogP contribution >= 0.6 is 27.3 Å². The predicted octanol–water partition coefficient (Wildman–Crippen LogP) is 6.58. The van der Waals surface area contributed by atoms with E-state index in [1.807, 2.05) is 60.8 Å². The van der Waals surface area contributed by atoms with E-state index in [2.05, 4.69) is 21.2 Å². The molecule has 0 aliphatic carbocycles. The van der Waals surface area contributed by atoms with E-state index in [4.69, 9.17) is 10.1 Å². The van der Waals surface area contributed by atoms with Crippen LogP contribution in [-0.2, 0) is 4.79 Å². The first-order chi connectivity index (χ1) is 15.9. The molecule has 1 heterocycles. The van der Waals surface area contributed by atoms with E-state index in [-0.39, 0.29) is 11.7 Å². The quantitative estimate of drug-likeness (QED) is 0.295. The van der Waals surface area contributed by atoms with Gasteiger partial charge in [-0.25, -0.2) is 14.1 Å². The van der Waals surface area contributed by atoms with Crippen LogP contribution in [0.25, 0.3) is 11.3 Å². The van der Waals surface area contributed by atoms with Gasteiger partial charge in [-0.1, -0.05) is 40.2 Å². The van der Waals surface area contributed by atoms with Gasteiger partial charge >= 0.3 is 0 Å². The number of amides is 1. The lowest BCUT2D eigenvalue weighted by Crippen LogP contribution is -2.14. The largest absolute Gasteiger partial charge is 0.326 e. The highest BCUT2D eigenvalue weighted by Crippen LogP contribution is 2.24. The summed E-state index contributed by atoms with van der Waals surface area (Å²) in [6, 6.07) is 21.5. The van der Waals surface area contributed by atoms with E-state index in [9.17, 15) is 9.18 Å². The Balaban J connectivity index is 1.85. The van der Waals surface area contributed by atoms with Crippen molar-refractivity contribution in [2.24, 2.45) is 10.1 Å². The number of benzene rings is 3. The van der Waals surface area contributed by atoms with Gasteiger partial charge in [0.2, 0.25) is 10.7 Å². The molecule has 166 valence electrons. The highest BCUT2D eigenvalue weighted by Gasteiger charge is 2.10. The van der Waals surface area contributed by atoms with Gasteiger partial charge in [0, 0.05) is 28.0 Å². The van der Waals surface area contributed by atoms with E-state index in [0.29, 0.717) is 16.2 Å². The van der Waals surface area contributed by atoms with Crippen LogP contribution in [0.2, 0.25) is 0 Å². The van der Waals surface area contributed by atoms with Gasteiger partial charge in [0.1, 0.15) is 5.82 Å². The summed E-state index contributed by atoms with van der Waals surface area (Å²) in [5, 5.41) is 9.67. The monoisotopic (exact) mass is 522 g/mol. The first-order valence-electron chi connectivity index (χ1n) is 10.1. The van der Waals surface area contributed by atoms with Gasteiger partial charge in [0.15, 0.2) is 0 Å². The summed E-state index contributed by atoms with van der Waals surface area (Å²) in [5.74, 6) is -0.443. The van der Waals surface area contributed by atoms with Crippen LogP contribution < -0.4 is 10.1 Å². The van der Waals surface area contributed by atoms with E-state index < -0.39 is 0 Å². The number of halogens is 2. The second-order valence-electron chi connectivity index (χ2n) is 7.26. The third-order valence-electron chi connectivity index (χ3n) is 4.71. The van der Waals surface area contributed by atoms with Crippen LogP contribution in [0.15, 0.2) is 92.7 Å². The summed E-state index contributed by atoms with van der Waals surface area (Å²) in [7, 11) is 0. The molecule has 3 aromatic carbocycles. The summed E-state index contributed by atoms with van der Waals surface area (Å²) in [6.45, 7) is 3.38. The first-order valence-corrected chi connectivity index (χ1v) is 11.8. The van der Waals surface area contributed by atoms with E-state index in [0.717, 1.165) is 27.0 Å². The van der Waals surface area contributed by atoms with E-state index >= 15 is 0 Å². The number of carbonyl (C=O) groups is 1. The summed E-state index contributed by atoms with van der Waals surface area (Å²) in [5.41, 5.74) is 4.80. The number of thiazole rings is 1. The van der Waals surface area contributed by atoms with Gasteiger partial charge in [-0.2, -0.15) is 5.10 Å². The van der Waals surface area contributed by atoms with Gasteiger partial charge < -0.3 is 5.32 Å². The number of nitrogens with one attached hydrogen (secondary N) is 1. The van der Waals surface area contributed by atoms with Crippen LogP contribution in [0.1, 0.15) is 19.4 Å². The van der Waals surface area contributed by atoms with Crippen LogP contribution in [0.5, 0.6) is 0 Å². The molecule has 8 heteroatoms. The second-order valence-corrected chi connectivity index (χ2v) is 9.01. The average Bonchev–Trinajstić information content (AvgIpc) is 3.17. The van der Waals surface area contributed by atoms with Crippen molar-refractivity contribution in [1.82, 2.24) is 4.68 Å². The molecule has 0 saturated heterocycles. The number of rotatable bonds is 5. The zero-order valence-electron chi connectivity index (χ0n) is 17.9. The molecule has 0 atom stereocenters. The fourth-order valence-electron chi connectivity index (χ4n) is 3.18. The minimum atomic E-state index is -0.309. The number of nitrogens with zero attached hydrogens (tertiary/aromatic N) is 3. The Morgan fingerprint density at radius 1 is 1.03 bits per heavy atom. The highest BCUT2D eigenvalue weighted by molar-refractivity contribution is 9.10. The molecule has 33 heavy (non-hydrogen) atoms. The Hall–Kier alpha value is -3.36. The Morgan fingerprint density at radius 2 is 1.79 bits per heavy atom. The molecule has 1 aromatic heterocycles. The van der Waals surface area contributed by atoms with Gasteiger partial charge in [0.25, 0.3) is 0 Å². The Morgan fingerprint density at radius 3 is 2.52 bits per heavy atom. The molecule has 1 N–H and O–H groups in total. The summed E-state index contributed by atoms with van der Waals surface area (Å²) in [6.07, 6.45) is 0. The van der Waals surface area contributed by atoms with Crippen molar-refractivity contribution >= 4 is 50.3 Å². The van der Waals surface area contributed by atoms with Crippen molar-refractivity contribution in [3.05, 3.63) is 98.8 Å². The molecular formula is C25H20BrFN4OS. The Kier molecular flexibility index (Phi) is 6.96. The smallest absolute Gasteiger partial charge is 0.221 e. The van der Waals surface area contributed by atoms with Gasteiger partial charge in [0.05, 0.1) is 17.1 Å². The zero-order chi connectivity index (χ0) is 23.4. The molecule has 4 rings (SSSR count). The standard InChI is InChI=1S/C25H20BrFN4OS/c1-16(18-5-4-8-23(14-18)28-17(2)32)30-31-24(19-6-3-7-20(26)13-19)15-33-25(31)29-22-11-9-21(27)10-12-22/h3-15H,1-2H3,(H,28,32). The van der Waals surface area contributed by atoms with Crippen molar-refractivity contribution < 1.29 is 9.18 Å². The zero-order valence-corrected chi connectivity index (χ0v) is 20.3. The number of aromatic nitrogens is 1. The SMILES string of the molecule is CC(=O)Nc1cccc(C(C)=Nn2c(-c3cccc(Br)c3)csc2=Nc2ccc(F)cc2)c1. The van der Waals surface area contributed by atoms with Crippen LogP contribution in [0.4, 0.5) is 15.8 Å². The lowest BCUT2D eigenvalue weighted by molar-refractivity contribution is -0.114. The van der Waals surface area contributed by atoms with Crippen LogP contribution in [0, 0.1) is 5.82 Å². The predicted molar refractivity (Wildman–Crippen MR) is 135 cm³/mol. The van der Waals surface area contributed by atoms with Gasteiger partial charge in [-0.05, 0) is 61.0 Å². The van der Waals surface area contributed by atoms with Crippen molar-refractivity contribution in [1.29, 1.82) is 0 Å². The molecular weight excluding hydrogens is 503 g/mol. The maximum absolute atomic E-state index is 13.3. The second kappa shape index (κ2) is 10.1. The third-order valence-corrected chi connectivity index (χ3v) is 6.02. The van der Waals surface area contributed by atoms with Gasteiger partial charge in [-0.3, -0.25) is 4.79 Å². The topological polar surface area (TPSA) is 58.8 Å². The summed E-state index contributed by atoms with van der Waals surface area (Å²) in [4.78, 5) is 16.8. The van der Waals surface area contributed by atoms with Crippen molar-refractivity contribution in [2.45, 2.75) is 13.8 Å². The number of carbonyl (C=O) groups excluding carboxylic acids is 1. The van der Waals surface area contributed by atoms with Crippen molar-refractivity contribution in [2.75, 3.05) is 5.32 Å². The minimum Gasteiger partial charge on any atom is -0.326 e. The summed E-state index contributed by atoms with van der Waals surface area (Å²) < 4.78 is 16.1. The Labute approximate surface area is 203 Å². The maximum atomic E-state index is 13.3. The maximum Gasteiger partial charge on any atom is 0.221 e. The molecule has 1 amide bonds. The normalized spacial score (nSPS) is 12.1. The lowest BCUT2D eigenvalue weighted by atomic mass is 10.1. The average molecular weight is 523 g/mol. The van der Waals surface area contributed by atoms with E-state index in [1.165, 1.54) is 30.4 Å². The summed E-state index contributed by atoms with van der Waals surface area (Å²) >= 11 is 4.98. The van der Waals surface area contributed by atoms with Crippen molar-refractivity contribution in [3.8, 4) is 11.3 Å². The molecule has 4 aromatic rings. The highest BCUT2D eigenvalue weighted by atomic mass is 79.9. The Bertz CT molecular complexity index is 1410. The molecule has 0 bridgehead atoms. The number of hydrogen-bond donors (Lipinski definition) is 1. The molecule has 0 aliphatic rings. The number of anilines is 1. The van der Waals surface area contributed by atoms with Gasteiger partial charge in [-0.15, -0.1) is 11.3 Å². The van der Waals surface area contributed by atoms with E-state index in [1.54, 1.807) is 16.8 Å². The first kappa shape index (κ1) is 22.8. The molecule has 0 radical (unpaired) electrons. The third kappa shape index (κ3) is 5.71. The lowest BCUT2D eigenvalue weighted by Gasteiger charge is -2.08. The van der Waals surface area contributed by atoms with Crippen LogP contribution in [-0.4, -0.2) is 16.3 Å². The molecule has 5 nitrogen and oxygen atoms in total. The molecule has 0 spiro atoms. The molecule has 0 saturated carbocycles. The fraction of sp³-hybridized carbons (Fsp3) is 0.0800. The van der Waals surface area contributed by atoms with Crippen molar-refractivity contribution in [3.63, 3.8) is 0 Å². The van der Waals surface area contributed by atoms with Crippen LogP contribution in [0.3, 0.4) is 0 Å². The minimum absolute atomic E-state index is 0.133. The molecule has 0 fully saturated rings.